The Labute approximate surface area is 343 Å². The molecule has 9 unspecified atom stereocenters. The zero-order chi connectivity index (χ0) is 43.6. The molecule has 1 aromatic rings. The molecule has 5 rings (SSSR count). The minimum Gasteiger partial charge on any atom is -0.459 e. The fourth-order valence-electron chi connectivity index (χ4n) is 9.26. The summed E-state index contributed by atoms with van der Waals surface area (Å²) in [6.07, 6.45) is -5.93. The number of esters is 2. The van der Waals surface area contributed by atoms with Gasteiger partial charge in [0, 0.05) is 54.8 Å². The molecule has 0 bridgehead atoms. The van der Waals surface area contributed by atoms with E-state index in [1.807, 2.05) is 0 Å². The number of amides is 1. The van der Waals surface area contributed by atoms with E-state index in [0.717, 1.165) is 6.92 Å². The summed E-state index contributed by atoms with van der Waals surface area (Å²) in [5.74, 6) is -7.40. The van der Waals surface area contributed by atoms with Crippen LogP contribution in [0.1, 0.15) is 77.6 Å². The highest BCUT2D eigenvalue weighted by Crippen LogP contribution is 2.59. The standard InChI is InChI=1S/C41H58FN5O12/c1-22-20-39(5,54-9)33(57-36-30(49)28(46(7)8)19-27(56-36)21-55-35(51)26-15-11-10-12-16-26)24(3)32(50)40(6,42)37(52)58-34-25(4)41(34)31(23(2)29(22)48)47(38(53)59-41)18-14-13-17-44-45-43/h10-12,15-16,22-25,27-28,30-31,33-34,36,49H,13-14,17-21H2,1-9H3/t22?,23-,24?,25-,27?,28?,30?,31+,33+,34?,36?,39-,40?,41?/m0/s1. The maximum atomic E-state index is 16.8. The third-order valence-corrected chi connectivity index (χ3v) is 12.8. The highest BCUT2D eigenvalue weighted by Gasteiger charge is 2.79. The fourth-order valence-corrected chi connectivity index (χ4v) is 9.26. The van der Waals surface area contributed by atoms with Crippen molar-refractivity contribution in [2.45, 2.75) is 127 Å². The number of carbonyl (C=O) groups excluding carboxylic acids is 5. The third kappa shape index (κ3) is 8.98. The summed E-state index contributed by atoms with van der Waals surface area (Å²) in [4.78, 5) is 74.9. The average Bonchev–Trinajstić information content (AvgIpc) is 3.61. The molecule has 18 heteroatoms. The molecular weight excluding hydrogens is 773 g/mol. The Kier molecular flexibility index (Phi) is 14.2. The number of likely N-dealkylation sites (N-methyl/N-ethyl adjacent to an activating group) is 1. The summed E-state index contributed by atoms with van der Waals surface area (Å²) in [7, 11) is 4.83. The smallest absolute Gasteiger partial charge is 0.410 e. The van der Waals surface area contributed by atoms with Gasteiger partial charge in [0.2, 0.25) is 0 Å². The van der Waals surface area contributed by atoms with E-state index < -0.39 is 107 Å². The van der Waals surface area contributed by atoms with Gasteiger partial charge in [0.1, 0.15) is 18.5 Å². The minimum atomic E-state index is -3.23. The molecule has 4 aliphatic rings. The van der Waals surface area contributed by atoms with Gasteiger partial charge in [-0.2, -0.15) is 0 Å². The first-order valence-corrected chi connectivity index (χ1v) is 20.2. The first kappa shape index (κ1) is 45.9. The van der Waals surface area contributed by atoms with Crippen LogP contribution in [0.5, 0.6) is 0 Å². The van der Waals surface area contributed by atoms with E-state index in [4.69, 9.17) is 34.0 Å². The molecule has 1 aliphatic carbocycles. The Morgan fingerprint density at radius 1 is 1.08 bits per heavy atom. The number of unbranched alkanes of at least 4 members (excludes halogenated alkanes) is 1. The second kappa shape index (κ2) is 18.2. The second-order valence-electron chi connectivity index (χ2n) is 17.0. The Morgan fingerprint density at radius 3 is 2.39 bits per heavy atom. The number of methoxy groups -OCH3 is 1. The van der Waals surface area contributed by atoms with E-state index in [1.165, 1.54) is 18.9 Å². The molecule has 1 saturated carbocycles. The molecule has 0 aromatic heterocycles. The topological polar surface area (TPSA) is 216 Å². The van der Waals surface area contributed by atoms with Crippen LogP contribution in [0.25, 0.3) is 10.4 Å². The van der Waals surface area contributed by atoms with Crippen molar-refractivity contribution in [2.75, 3.05) is 40.9 Å². The van der Waals surface area contributed by atoms with Crippen molar-refractivity contribution in [3.63, 3.8) is 0 Å². The van der Waals surface area contributed by atoms with Crippen LogP contribution in [0.15, 0.2) is 35.4 Å². The van der Waals surface area contributed by atoms with Gasteiger partial charge in [-0.05, 0) is 71.3 Å². The van der Waals surface area contributed by atoms with E-state index in [0.29, 0.717) is 18.4 Å². The van der Waals surface area contributed by atoms with E-state index >= 15 is 4.39 Å². The van der Waals surface area contributed by atoms with Crippen molar-refractivity contribution in [1.82, 2.24) is 9.80 Å². The van der Waals surface area contributed by atoms with Crippen molar-refractivity contribution in [1.29, 1.82) is 0 Å². The number of hydrogen-bond acceptors (Lipinski definition) is 14. The minimum absolute atomic E-state index is 0.0832. The number of ketones is 2. The van der Waals surface area contributed by atoms with Crippen LogP contribution in [-0.2, 0) is 42.8 Å². The van der Waals surface area contributed by atoms with Crippen LogP contribution >= 0.6 is 0 Å². The van der Waals surface area contributed by atoms with Gasteiger partial charge in [-0.15, -0.1) is 0 Å². The number of halogens is 1. The molecule has 3 aliphatic heterocycles. The number of aliphatic hydroxyl groups is 1. The molecule has 17 nitrogen and oxygen atoms in total. The normalized spacial score (nSPS) is 39.0. The summed E-state index contributed by atoms with van der Waals surface area (Å²) in [5, 5.41) is 15.2. The van der Waals surface area contributed by atoms with E-state index in [1.54, 1.807) is 77.0 Å². The molecule has 3 saturated heterocycles. The number of hydrogen-bond donors (Lipinski definition) is 1. The lowest BCUT2D eigenvalue weighted by Gasteiger charge is -2.47. The van der Waals surface area contributed by atoms with Crippen molar-refractivity contribution in [3.05, 3.63) is 46.3 Å². The predicted molar refractivity (Wildman–Crippen MR) is 207 cm³/mol. The molecule has 326 valence electrons. The number of ether oxygens (including phenoxy) is 6. The first-order chi connectivity index (χ1) is 27.8. The van der Waals surface area contributed by atoms with Crippen LogP contribution in [0.2, 0.25) is 0 Å². The molecule has 1 N–H and O–H groups in total. The Hall–Kier alpha value is -4.19. The third-order valence-electron chi connectivity index (χ3n) is 12.8. The van der Waals surface area contributed by atoms with Gasteiger partial charge in [0.25, 0.3) is 5.67 Å². The number of nitrogens with zero attached hydrogens (tertiary/aromatic N) is 5. The van der Waals surface area contributed by atoms with Crippen LogP contribution in [0.4, 0.5) is 9.18 Å². The van der Waals surface area contributed by atoms with Crippen LogP contribution in [-0.4, -0.2) is 145 Å². The molecule has 1 spiro atoms. The Balaban J connectivity index is 1.49. The van der Waals surface area contributed by atoms with E-state index in [2.05, 4.69) is 10.0 Å². The lowest BCUT2D eigenvalue weighted by atomic mass is 9.75. The summed E-state index contributed by atoms with van der Waals surface area (Å²) >= 11 is 0. The number of Topliss-reactive ketones (excluding diaryl/α,β-unsaturated/α-hetero) is 2. The highest BCUT2D eigenvalue weighted by molar-refractivity contribution is 6.08. The number of carbonyl (C=O) groups is 5. The molecule has 14 atom stereocenters. The largest absolute Gasteiger partial charge is 0.459 e. The SMILES string of the molecule is CO[C@@]1(C)CC(C)C(=O)[C@H](C)[C@H]2N(CCCCN=[N+]=[N-])C(=O)OC23C(OC(=O)C(C)(F)C(=O)C(C)[C@H]1OC1OC(COC(=O)c2ccccc2)CC(N(C)C)C1O)[C@@H]3C. The maximum absolute atomic E-state index is 16.8. The van der Waals surface area contributed by atoms with Gasteiger partial charge in [0.15, 0.2) is 23.8 Å². The zero-order valence-corrected chi connectivity index (χ0v) is 35.2. The van der Waals surface area contributed by atoms with Crippen molar-refractivity contribution < 1.29 is 61.9 Å². The lowest BCUT2D eigenvalue weighted by Crippen LogP contribution is -2.61. The number of aliphatic hydroxyl groups excluding tert-OH is 1. The Morgan fingerprint density at radius 2 is 1.76 bits per heavy atom. The van der Waals surface area contributed by atoms with Gasteiger partial charge in [-0.1, -0.05) is 51.0 Å². The quantitative estimate of drug-likeness (QED) is 0.0588. The van der Waals surface area contributed by atoms with Gasteiger partial charge in [-0.3, -0.25) is 9.59 Å². The van der Waals surface area contributed by atoms with Crippen LogP contribution in [0, 0.1) is 23.7 Å². The number of rotatable bonds is 12. The number of alkyl halides is 1. The van der Waals surface area contributed by atoms with Crippen molar-refractivity contribution in [2.24, 2.45) is 28.8 Å². The summed E-state index contributed by atoms with van der Waals surface area (Å²) < 4.78 is 52.9. The van der Waals surface area contributed by atoms with Gasteiger partial charge >= 0.3 is 18.0 Å². The molecule has 1 amide bonds. The van der Waals surface area contributed by atoms with Crippen molar-refractivity contribution in [3.8, 4) is 0 Å². The van der Waals surface area contributed by atoms with Gasteiger partial charge in [0.05, 0.1) is 29.4 Å². The fraction of sp³-hybridized carbons (Fsp3) is 0.732. The molecule has 3 heterocycles. The van der Waals surface area contributed by atoms with Gasteiger partial charge < -0.3 is 43.3 Å². The molecule has 0 radical (unpaired) electrons. The summed E-state index contributed by atoms with van der Waals surface area (Å²) in [6, 6.07) is 6.86. The number of azide groups is 1. The summed E-state index contributed by atoms with van der Waals surface area (Å²) in [6.45, 7) is 8.89. The van der Waals surface area contributed by atoms with E-state index in [-0.39, 0.29) is 38.3 Å². The molecule has 4 fully saturated rings. The van der Waals surface area contributed by atoms with Crippen molar-refractivity contribution >= 4 is 29.6 Å². The lowest BCUT2D eigenvalue weighted by molar-refractivity contribution is -0.300. The maximum Gasteiger partial charge on any atom is 0.410 e. The highest BCUT2D eigenvalue weighted by atomic mass is 19.1. The first-order valence-electron chi connectivity index (χ1n) is 20.2. The molecule has 1 aromatic carbocycles. The Bertz CT molecular complexity index is 1780. The monoisotopic (exact) mass is 831 g/mol. The summed E-state index contributed by atoms with van der Waals surface area (Å²) in [5.41, 5.74) is 2.73. The average molecular weight is 832 g/mol. The van der Waals surface area contributed by atoms with E-state index in [9.17, 15) is 29.1 Å². The van der Waals surface area contributed by atoms with Gasteiger partial charge in [-0.25, -0.2) is 18.8 Å². The van der Waals surface area contributed by atoms with Crippen LogP contribution < -0.4 is 0 Å². The van der Waals surface area contributed by atoms with Crippen LogP contribution in [0.3, 0.4) is 0 Å². The molecule has 59 heavy (non-hydrogen) atoms. The predicted octanol–water partition coefficient (Wildman–Crippen LogP) is 4.43. The molecular formula is C41H58FN5O12. The zero-order valence-electron chi connectivity index (χ0n) is 35.2. The number of benzene rings is 1. The second-order valence-corrected chi connectivity index (χ2v) is 17.0.